The van der Waals surface area contributed by atoms with Crippen molar-refractivity contribution >= 4 is 11.4 Å². The van der Waals surface area contributed by atoms with E-state index in [1.54, 1.807) is 7.11 Å². The summed E-state index contributed by atoms with van der Waals surface area (Å²) in [7, 11) is 3.53. The standard InChI is InChI=1S/C10H16N2O/c1-11-9-3-7-5-10(12-13-2)6-8(7)4-9/h7-8H,3-6H2,1-2H3. The molecule has 2 rings (SSSR count). The van der Waals surface area contributed by atoms with Gasteiger partial charge in [0.05, 0.1) is 5.71 Å². The topological polar surface area (TPSA) is 34.0 Å². The summed E-state index contributed by atoms with van der Waals surface area (Å²) in [5.74, 6) is 1.60. The predicted octanol–water partition coefficient (Wildman–Crippen LogP) is 1.88. The van der Waals surface area contributed by atoms with E-state index in [1.807, 2.05) is 7.05 Å². The highest BCUT2D eigenvalue weighted by Gasteiger charge is 2.38. The van der Waals surface area contributed by atoms with Crippen LogP contribution >= 0.6 is 0 Å². The van der Waals surface area contributed by atoms with E-state index < -0.39 is 0 Å². The quantitative estimate of drug-likeness (QED) is 0.567. The SMILES string of the molecule is CN=C1CC2CC(=NOC)CC2C1. The van der Waals surface area contributed by atoms with E-state index in [2.05, 4.69) is 10.1 Å². The normalized spacial score (nSPS) is 31.8. The van der Waals surface area contributed by atoms with Gasteiger partial charge in [-0.05, 0) is 37.5 Å². The molecule has 3 heteroatoms. The lowest BCUT2D eigenvalue weighted by molar-refractivity contribution is 0.212. The van der Waals surface area contributed by atoms with E-state index in [0.717, 1.165) is 24.7 Å². The molecule has 3 nitrogen and oxygen atoms in total. The summed E-state index contributed by atoms with van der Waals surface area (Å²) in [6.07, 6.45) is 4.61. The summed E-state index contributed by atoms with van der Waals surface area (Å²) in [6, 6.07) is 0. The lowest BCUT2D eigenvalue weighted by atomic mass is 10.0. The highest BCUT2D eigenvalue weighted by Crippen LogP contribution is 2.41. The van der Waals surface area contributed by atoms with Crippen LogP contribution in [0.2, 0.25) is 0 Å². The molecule has 0 bridgehead atoms. The first-order chi connectivity index (χ1) is 6.33. The fourth-order valence-electron chi connectivity index (χ4n) is 2.57. The minimum absolute atomic E-state index is 0.799. The average Bonchev–Trinajstić information content (AvgIpc) is 2.61. The Bertz CT molecular complexity index is 240. The molecule has 0 radical (unpaired) electrons. The van der Waals surface area contributed by atoms with Gasteiger partial charge >= 0.3 is 0 Å². The first-order valence-electron chi connectivity index (χ1n) is 4.87. The van der Waals surface area contributed by atoms with Gasteiger partial charge in [0.15, 0.2) is 0 Å². The van der Waals surface area contributed by atoms with E-state index in [0.29, 0.717) is 0 Å². The molecule has 72 valence electrons. The van der Waals surface area contributed by atoms with Crippen molar-refractivity contribution in [3.8, 4) is 0 Å². The van der Waals surface area contributed by atoms with Crippen molar-refractivity contribution in [1.29, 1.82) is 0 Å². The molecule has 2 unspecified atom stereocenters. The Morgan fingerprint density at radius 3 is 2.08 bits per heavy atom. The zero-order valence-electron chi connectivity index (χ0n) is 8.29. The first kappa shape index (κ1) is 8.73. The van der Waals surface area contributed by atoms with Gasteiger partial charge in [0.2, 0.25) is 0 Å². The molecule has 2 fully saturated rings. The van der Waals surface area contributed by atoms with Gasteiger partial charge in [-0.1, -0.05) is 5.16 Å². The van der Waals surface area contributed by atoms with Crippen LogP contribution in [0.25, 0.3) is 0 Å². The van der Waals surface area contributed by atoms with Crippen LogP contribution in [0.3, 0.4) is 0 Å². The zero-order chi connectivity index (χ0) is 9.26. The Balaban J connectivity index is 2.01. The Morgan fingerprint density at radius 1 is 1.08 bits per heavy atom. The van der Waals surface area contributed by atoms with Crippen molar-refractivity contribution < 1.29 is 4.84 Å². The molecule has 0 amide bonds. The largest absolute Gasteiger partial charge is 0.399 e. The van der Waals surface area contributed by atoms with Crippen LogP contribution in [-0.2, 0) is 4.84 Å². The lowest BCUT2D eigenvalue weighted by Crippen LogP contribution is -1.98. The van der Waals surface area contributed by atoms with Crippen molar-refractivity contribution in [2.45, 2.75) is 25.7 Å². The van der Waals surface area contributed by atoms with Gasteiger partial charge in [0.25, 0.3) is 0 Å². The summed E-state index contributed by atoms with van der Waals surface area (Å²) < 4.78 is 0. The molecule has 0 aliphatic heterocycles. The Labute approximate surface area is 78.9 Å². The number of aliphatic imine (C=N–C) groups is 1. The molecular weight excluding hydrogens is 164 g/mol. The second kappa shape index (κ2) is 3.48. The maximum atomic E-state index is 4.80. The summed E-state index contributed by atoms with van der Waals surface area (Å²) in [5, 5.41) is 4.03. The summed E-state index contributed by atoms with van der Waals surface area (Å²) in [4.78, 5) is 9.09. The van der Waals surface area contributed by atoms with Gasteiger partial charge < -0.3 is 4.84 Å². The fourth-order valence-corrected chi connectivity index (χ4v) is 2.57. The third-order valence-corrected chi connectivity index (χ3v) is 3.19. The van der Waals surface area contributed by atoms with Crippen molar-refractivity contribution in [1.82, 2.24) is 0 Å². The number of fused-ring (bicyclic) bond motifs is 1. The number of oxime groups is 1. The highest BCUT2D eigenvalue weighted by atomic mass is 16.6. The van der Waals surface area contributed by atoms with Crippen molar-refractivity contribution in [2.75, 3.05) is 14.2 Å². The molecule has 0 aromatic carbocycles. The minimum Gasteiger partial charge on any atom is -0.399 e. The second-order valence-electron chi connectivity index (χ2n) is 3.97. The van der Waals surface area contributed by atoms with Gasteiger partial charge in [0, 0.05) is 12.8 Å². The predicted molar refractivity (Wildman–Crippen MR) is 53.3 cm³/mol. The van der Waals surface area contributed by atoms with E-state index in [1.165, 1.54) is 24.3 Å². The van der Waals surface area contributed by atoms with Gasteiger partial charge in [-0.3, -0.25) is 4.99 Å². The molecule has 0 saturated heterocycles. The van der Waals surface area contributed by atoms with E-state index in [9.17, 15) is 0 Å². The maximum Gasteiger partial charge on any atom is 0.106 e. The van der Waals surface area contributed by atoms with Crippen LogP contribution in [0.15, 0.2) is 10.1 Å². The van der Waals surface area contributed by atoms with Gasteiger partial charge in [-0.2, -0.15) is 0 Å². The molecule has 0 aromatic rings. The summed E-state index contributed by atoms with van der Waals surface area (Å²) >= 11 is 0. The van der Waals surface area contributed by atoms with Crippen molar-refractivity contribution in [3.63, 3.8) is 0 Å². The maximum absolute atomic E-state index is 4.80. The number of hydrogen-bond donors (Lipinski definition) is 0. The first-order valence-corrected chi connectivity index (χ1v) is 4.87. The van der Waals surface area contributed by atoms with Crippen LogP contribution < -0.4 is 0 Å². The number of nitrogens with zero attached hydrogens (tertiary/aromatic N) is 2. The molecule has 0 heterocycles. The van der Waals surface area contributed by atoms with Gasteiger partial charge in [-0.25, -0.2) is 0 Å². The number of hydrogen-bond acceptors (Lipinski definition) is 3. The molecule has 0 aromatic heterocycles. The van der Waals surface area contributed by atoms with E-state index >= 15 is 0 Å². The molecule has 0 spiro atoms. The molecule has 2 saturated carbocycles. The van der Waals surface area contributed by atoms with Crippen LogP contribution in [0, 0.1) is 11.8 Å². The average molecular weight is 180 g/mol. The molecule has 0 N–H and O–H groups in total. The highest BCUT2D eigenvalue weighted by molar-refractivity contribution is 5.93. The van der Waals surface area contributed by atoms with Crippen LogP contribution in [0.5, 0.6) is 0 Å². The minimum atomic E-state index is 0.799. The van der Waals surface area contributed by atoms with Crippen LogP contribution in [-0.4, -0.2) is 25.6 Å². The van der Waals surface area contributed by atoms with Crippen LogP contribution in [0.1, 0.15) is 25.7 Å². The van der Waals surface area contributed by atoms with Crippen molar-refractivity contribution in [2.24, 2.45) is 22.0 Å². The monoisotopic (exact) mass is 180 g/mol. The second-order valence-corrected chi connectivity index (χ2v) is 3.97. The van der Waals surface area contributed by atoms with E-state index in [4.69, 9.17) is 4.84 Å². The molecule has 2 atom stereocenters. The summed E-state index contributed by atoms with van der Waals surface area (Å²) in [5.41, 5.74) is 2.64. The van der Waals surface area contributed by atoms with Crippen LogP contribution in [0.4, 0.5) is 0 Å². The fraction of sp³-hybridized carbons (Fsp3) is 0.800. The molecule has 2 aliphatic rings. The third-order valence-electron chi connectivity index (χ3n) is 3.19. The van der Waals surface area contributed by atoms with Crippen molar-refractivity contribution in [3.05, 3.63) is 0 Å². The Hall–Kier alpha value is -0.860. The Morgan fingerprint density at radius 2 is 1.62 bits per heavy atom. The molecule has 2 aliphatic carbocycles. The molecule has 13 heavy (non-hydrogen) atoms. The summed E-state index contributed by atoms with van der Waals surface area (Å²) in [6.45, 7) is 0. The van der Waals surface area contributed by atoms with Gasteiger partial charge in [-0.15, -0.1) is 0 Å². The number of rotatable bonds is 1. The lowest BCUT2D eigenvalue weighted by Gasteiger charge is -2.02. The third kappa shape index (κ3) is 1.60. The molecular formula is C10H16N2O. The smallest absolute Gasteiger partial charge is 0.106 e. The van der Waals surface area contributed by atoms with E-state index in [-0.39, 0.29) is 0 Å². The van der Waals surface area contributed by atoms with Gasteiger partial charge in [0.1, 0.15) is 7.11 Å². The Kier molecular flexibility index (Phi) is 2.34. The zero-order valence-corrected chi connectivity index (χ0v) is 8.29.